The Balaban J connectivity index is 1.41. The van der Waals surface area contributed by atoms with Crippen molar-refractivity contribution in [1.82, 2.24) is 9.66 Å². The quantitative estimate of drug-likeness (QED) is 0.379. The van der Waals surface area contributed by atoms with Crippen LogP contribution >= 0.6 is 15.9 Å². The molecule has 7 nitrogen and oxygen atoms in total. The highest BCUT2D eigenvalue weighted by atomic mass is 79.9. The fourth-order valence-corrected chi connectivity index (χ4v) is 3.79. The van der Waals surface area contributed by atoms with Crippen molar-refractivity contribution in [2.45, 2.75) is 13.5 Å². The second-order valence-electron chi connectivity index (χ2n) is 7.20. The first kappa shape index (κ1) is 20.3. The molecule has 1 aromatic heterocycles. The van der Waals surface area contributed by atoms with Gasteiger partial charge in [0.05, 0.1) is 17.1 Å². The van der Waals surface area contributed by atoms with E-state index in [0.717, 1.165) is 21.3 Å². The van der Waals surface area contributed by atoms with Crippen molar-refractivity contribution in [3.8, 4) is 17.2 Å². The number of fused-ring (bicyclic) bond motifs is 2. The number of benzene rings is 3. The summed E-state index contributed by atoms with van der Waals surface area (Å²) in [6.07, 6.45) is 1.61. The van der Waals surface area contributed by atoms with Crippen LogP contribution < -0.4 is 19.8 Å². The van der Waals surface area contributed by atoms with Crippen LogP contribution in [0.25, 0.3) is 10.9 Å². The summed E-state index contributed by atoms with van der Waals surface area (Å²) in [5, 5.41) is 4.90. The third kappa shape index (κ3) is 3.97. The highest BCUT2D eigenvalue weighted by Gasteiger charge is 2.14. The van der Waals surface area contributed by atoms with Gasteiger partial charge < -0.3 is 14.2 Å². The Hall–Kier alpha value is -3.65. The van der Waals surface area contributed by atoms with Gasteiger partial charge >= 0.3 is 0 Å². The fraction of sp³-hybridized carbons (Fsp3) is 0.125. The van der Waals surface area contributed by atoms with Crippen molar-refractivity contribution in [2.75, 3.05) is 6.79 Å². The van der Waals surface area contributed by atoms with Gasteiger partial charge in [0.15, 0.2) is 11.5 Å². The Kier molecular flexibility index (Phi) is 5.36. The minimum atomic E-state index is -0.233. The molecule has 0 spiro atoms. The van der Waals surface area contributed by atoms with Gasteiger partial charge in [0.1, 0.15) is 18.2 Å². The summed E-state index contributed by atoms with van der Waals surface area (Å²) in [6.45, 7) is 2.34. The molecule has 8 heteroatoms. The van der Waals surface area contributed by atoms with E-state index in [1.165, 1.54) is 4.68 Å². The summed E-state index contributed by atoms with van der Waals surface area (Å²) >= 11 is 3.40. The van der Waals surface area contributed by atoms with E-state index in [9.17, 15) is 4.79 Å². The van der Waals surface area contributed by atoms with Crippen LogP contribution in [0.2, 0.25) is 0 Å². The van der Waals surface area contributed by atoms with Crippen molar-refractivity contribution in [1.29, 1.82) is 0 Å². The van der Waals surface area contributed by atoms with E-state index in [2.05, 4.69) is 26.0 Å². The monoisotopic (exact) mass is 491 g/mol. The van der Waals surface area contributed by atoms with Crippen LogP contribution in [0.4, 0.5) is 0 Å². The molecule has 0 N–H and O–H groups in total. The van der Waals surface area contributed by atoms with Crippen LogP contribution in [0.1, 0.15) is 17.0 Å². The van der Waals surface area contributed by atoms with Gasteiger partial charge in [-0.2, -0.15) is 9.78 Å². The van der Waals surface area contributed by atoms with E-state index in [0.29, 0.717) is 34.8 Å². The lowest BCUT2D eigenvalue weighted by Gasteiger charge is -2.10. The number of halogens is 1. The van der Waals surface area contributed by atoms with Gasteiger partial charge in [-0.3, -0.25) is 4.79 Å². The zero-order chi connectivity index (χ0) is 22.1. The Morgan fingerprint density at radius 2 is 1.97 bits per heavy atom. The molecule has 4 aromatic rings. The van der Waals surface area contributed by atoms with Crippen molar-refractivity contribution in [3.05, 3.63) is 92.4 Å². The Morgan fingerprint density at radius 3 is 2.88 bits per heavy atom. The van der Waals surface area contributed by atoms with Gasteiger partial charge in [-0.1, -0.05) is 34.1 Å². The molecular weight excluding hydrogens is 474 g/mol. The largest absolute Gasteiger partial charge is 0.488 e. The molecule has 0 bridgehead atoms. The molecule has 32 heavy (non-hydrogen) atoms. The van der Waals surface area contributed by atoms with E-state index < -0.39 is 0 Å². The molecule has 0 aliphatic carbocycles. The SMILES string of the molecule is Cc1nc2ccc(Br)cc2c(=O)n1N=Cc1ccccc1OCc1ccc2c(c1)OCO2. The Labute approximate surface area is 192 Å². The van der Waals surface area contributed by atoms with Crippen LogP contribution in [0.3, 0.4) is 0 Å². The van der Waals surface area contributed by atoms with Crippen molar-refractivity contribution in [2.24, 2.45) is 5.10 Å². The molecule has 160 valence electrons. The number of hydrogen-bond donors (Lipinski definition) is 0. The van der Waals surface area contributed by atoms with Gasteiger partial charge in [-0.15, -0.1) is 0 Å². The van der Waals surface area contributed by atoms with Crippen LogP contribution in [0, 0.1) is 6.92 Å². The van der Waals surface area contributed by atoms with Gasteiger partial charge in [0.25, 0.3) is 5.56 Å². The van der Waals surface area contributed by atoms with Crippen molar-refractivity contribution < 1.29 is 14.2 Å². The maximum absolute atomic E-state index is 12.9. The number of hydrogen-bond acceptors (Lipinski definition) is 6. The number of para-hydroxylation sites is 1. The number of ether oxygens (including phenoxy) is 3. The third-order valence-corrected chi connectivity index (χ3v) is 5.53. The molecule has 1 aliphatic rings. The van der Waals surface area contributed by atoms with Gasteiger partial charge in [0, 0.05) is 10.0 Å². The molecule has 2 heterocycles. The number of rotatable bonds is 5. The first-order valence-electron chi connectivity index (χ1n) is 9.92. The molecule has 0 amide bonds. The topological polar surface area (TPSA) is 74.9 Å². The lowest BCUT2D eigenvalue weighted by Crippen LogP contribution is -2.20. The molecule has 3 aromatic carbocycles. The normalized spacial score (nSPS) is 12.6. The zero-order valence-electron chi connectivity index (χ0n) is 17.1. The van der Waals surface area contributed by atoms with Gasteiger partial charge in [0.2, 0.25) is 6.79 Å². The van der Waals surface area contributed by atoms with Gasteiger partial charge in [-0.25, -0.2) is 4.98 Å². The lowest BCUT2D eigenvalue weighted by molar-refractivity contribution is 0.174. The first-order chi connectivity index (χ1) is 15.6. The zero-order valence-corrected chi connectivity index (χ0v) is 18.7. The molecule has 5 rings (SSSR count). The molecule has 0 saturated heterocycles. The molecule has 0 fully saturated rings. The summed E-state index contributed by atoms with van der Waals surface area (Å²) in [7, 11) is 0. The van der Waals surface area contributed by atoms with E-state index in [1.807, 2.05) is 48.5 Å². The van der Waals surface area contributed by atoms with E-state index in [-0.39, 0.29) is 12.4 Å². The summed E-state index contributed by atoms with van der Waals surface area (Å²) in [6, 6.07) is 18.6. The molecule has 1 aliphatic heterocycles. The van der Waals surface area contributed by atoms with Gasteiger partial charge in [-0.05, 0) is 55.0 Å². The third-order valence-electron chi connectivity index (χ3n) is 5.03. The Bertz CT molecular complexity index is 1410. The molecule has 0 unspecified atom stereocenters. The van der Waals surface area contributed by atoms with Crippen molar-refractivity contribution >= 4 is 33.0 Å². The average Bonchev–Trinajstić information content (AvgIpc) is 3.27. The van der Waals surface area contributed by atoms with Crippen LogP contribution in [0.15, 0.2) is 75.0 Å². The minimum Gasteiger partial charge on any atom is -0.488 e. The molecule has 0 saturated carbocycles. The Morgan fingerprint density at radius 1 is 1.12 bits per heavy atom. The van der Waals surface area contributed by atoms with Crippen LogP contribution in [-0.4, -0.2) is 22.7 Å². The number of nitrogens with zero attached hydrogens (tertiary/aromatic N) is 3. The van der Waals surface area contributed by atoms with Crippen molar-refractivity contribution in [3.63, 3.8) is 0 Å². The van der Waals surface area contributed by atoms with Crippen LogP contribution in [0.5, 0.6) is 17.2 Å². The standard InChI is InChI=1S/C24H18BrN3O4/c1-15-27-20-8-7-18(25)11-19(20)24(29)28(15)26-12-17-4-2-3-5-21(17)30-13-16-6-9-22-23(10-16)32-14-31-22/h2-12H,13-14H2,1H3. The van der Waals surface area contributed by atoms with Crippen LogP contribution in [-0.2, 0) is 6.61 Å². The first-order valence-corrected chi connectivity index (χ1v) is 10.7. The summed E-state index contributed by atoms with van der Waals surface area (Å²) in [5.74, 6) is 2.60. The summed E-state index contributed by atoms with van der Waals surface area (Å²) in [5.41, 5.74) is 2.10. The molecule has 0 atom stereocenters. The van der Waals surface area contributed by atoms with E-state index in [1.54, 1.807) is 25.3 Å². The second kappa shape index (κ2) is 8.47. The predicted octanol–water partition coefficient (Wildman–Crippen LogP) is 4.66. The smallest absolute Gasteiger partial charge is 0.282 e. The molecule has 0 radical (unpaired) electrons. The molecular formula is C24H18BrN3O4. The predicted molar refractivity (Wildman–Crippen MR) is 125 cm³/mol. The maximum Gasteiger partial charge on any atom is 0.282 e. The van der Waals surface area contributed by atoms with E-state index in [4.69, 9.17) is 14.2 Å². The van der Waals surface area contributed by atoms with E-state index >= 15 is 0 Å². The lowest BCUT2D eigenvalue weighted by atomic mass is 10.2. The fourth-order valence-electron chi connectivity index (χ4n) is 3.43. The highest BCUT2D eigenvalue weighted by Crippen LogP contribution is 2.33. The number of aromatic nitrogens is 2. The summed E-state index contributed by atoms with van der Waals surface area (Å²) in [4.78, 5) is 17.4. The average molecular weight is 492 g/mol. The highest BCUT2D eigenvalue weighted by molar-refractivity contribution is 9.10. The second-order valence-corrected chi connectivity index (χ2v) is 8.11. The summed E-state index contributed by atoms with van der Waals surface area (Å²) < 4.78 is 18.9. The number of aryl methyl sites for hydroxylation is 1. The maximum atomic E-state index is 12.9. The minimum absolute atomic E-state index is 0.233.